The van der Waals surface area contributed by atoms with Gasteiger partial charge in [0.1, 0.15) is 5.92 Å². The summed E-state index contributed by atoms with van der Waals surface area (Å²) in [5, 5.41) is 17.4. The summed E-state index contributed by atoms with van der Waals surface area (Å²) in [4.78, 5) is 0. The highest BCUT2D eigenvalue weighted by atomic mass is 14.4. The molecule has 12 heavy (non-hydrogen) atoms. The van der Waals surface area contributed by atoms with Crippen molar-refractivity contribution in [2.24, 2.45) is 11.8 Å². The molecule has 0 radical (unpaired) electrons. The first-order valence-electron chi connectivity index (χ1n) is 4.26. The van der Waals surface area contributed by atoms with Crippen LogP contribution in [0.3, 0.4) is 0 Å². The van der Waals surface area contributed by atoms with Gasteiger partial charge in [0.15, 0.2) is 0 Å². The Morgan fingerprint density at radius 1 is 1.33 bits per heavy atom. The third-order valence-electron chi connectivity index (χ3n) is 2.47. The number of hydrogen-bond donors (Lipinski definition) is 0. The Labute approximate surface area is 73.1 Å². The van der Waals surface area contributed by atoms with Crippen LogP contribution in [0.25, 0.3) is 0 Å². The van der Waals surface area contributed by atoms with Gasteiger partial charge in [-0.25, -0.2) is 0 Å². The molecule has 1 fully saturated rings. The monoisotopic (exact) mass is 160 g/mol. The Morgan fingerprint density at radius 2 is 2.00 bits per heavy atom. The van der Waals surface area contributed by atoms with E-state index in [1.807, 2.05) is 12.1 Å². The van der Waals surface area contributed by atoms with Crippen LogP contribution in [0.4, 0.5) is 0 Å². The first kappa shape index (κ1) is 8.81. The molecule has 0 bridgehead atoms. The predicted octanol–water partition coefficient (Wildman–Crippen LogP) is 2.40. The lowest BCUT2D eigenvalue weighted by Gasteiger charge is -2.24. The summed E-state index contributed by atoms with van der Waals surface area (Å²) in [6.45, 7) is 3.91. The van der Waals surface area contributed by atoms with Gasteiger partial charge in [-0.3, -0.25) is 0 Å². The summed E-state index contributed by atoms with van der Waals surface area (Å²) < 4.78 is 0. The number of allylic oxidation sites excluding steroid dienone is 1. The Kier molecular flexibility index (Phi) is 2.88. The molecule has 0 amide bonds. The van der Waals surface area contributed by atoms with Crippen LogP contribution in [-0.2, 0) is 0 Å². The van der Waals surface area contributed by atoms with Crippen molar-refractivity contribution in [1.29, 1.82) is 10.5 Å². The molecule has 1 saturated carbocycles. The van der Waals surface area contributed by atoms with Crippen LogP contribution in [0.1, 0.15) is 25.7 Å². The van der Waals surface area contributed by atoms with Crippen molar-refractivity contribution in [2.45, 2.75) is 25.7 Å². The topological polar surface area (TPSA) is 47.6 Å². The highest BCUT2D eigenvalue weighted by Crippen LogP contribution is 2.32. The molecule has 0 aromatic heterocycles. The van der Waals surface area contributed by atoms with E-state index < -0.39 is 5.92 Å². The van der Waals surface area contributed by atoms with Crippen molar-refractivity contribution in [3.8, 4) is 12.1 Å². The van der Waals surface area contributed by atoms with Crippen LogP contribution in [0.15, 0.2) is 12.2 Å². The number of nitriles is 2. The molecular weight excluding hydrogens is 148 g/mol. The summed E-state index contributed by atoms with van der Waals surface area (Å²) in [6.07, 6.45) is 4.25. The van der Waals surface area contributed by atoms with Gasteiger partial charge in [0.2, 0.25) is 0 Å². The largest absolute Gasteiger partial charge is 0.197 e. The first-order chi connectivity index (χ1) is 5.79. The number of rotatable bonds is 1. The van der Waals surface area contributed by atoms with Gasteiger partial charge in [0.25, 0.3) is 0 Å². The second-order valence-corrected chi connectivity index (χ2v) is 3.25. The molecule has 1 rings (SSSR count). The van der Waals surface area contributed by atoms with Crippen LogP contribution in [0, 0.1) is 34.5 Å². The van der Waals surface area contributed by atoms with Crippen LogP contribution >= 0.6 is 0 Å². The first-order valence-corrected chi connectivity index (χ1v) is 4.26. The number of hydrogen-bond acceptors (Lipinski definition) is 2. The van der Waals surface area contributed by atoms with Gasteiger partial charge in [-0.15, -0.1) is 0 Å². The minimum Gasteiger partial charge on any atom is -0.197 e. The standard InChI is InChI=1S/C10H12N2/c1-8-4-2-3-5-10(8)9(6-11)7-12/h9-10H,1-5H2. The Morgan fingerprint density at radius 3 is 2.50 bits per heavy atom. The van der Waals surface area contributed by atoms with Gasteiger partial charge in [-0.2, -0.15) is 10.5 Å². The molecule has 1 unspecified atom stereocenters. The zero-order valence-corrected chi connectivity index (χ0v) is 7.08. The lowest BCUT2D eigenvalue weighted by molar-refractivity contribution is 0.417. The van der Waals surface area contributed by atoms with Gasteiger partial charge in [-0.05, 0) is 19.3 Å². The van der Waals surface area contributed by atoms with Crippen molar-refractivity contribution >= 4 is 0 Å². The molecule has 0 N–H and O–H groups in total. The zero-order valence-electron chi connectivity index (χ0n) is 7.08. The lowest BCUT2D eigenvalue weighted by atomic mass is 9.78. The fraction of sp³-hybridized carbons (Fsp3) is 0.600. The Balaban J connectivity index is 2.67. The summed E-state index contributed by atoms with van der Waals surface area (Å²) in [6, 6.07) is 4.06. The highest BCUT2D eigenvalue weighted by molar-refractivity contribution is 5.15. The van der Waals surface area contributed by atoms with Crippen LogP contribution in [0.5, 0.6) is 0 Å². The van der Waals surface area contributed by atoms with Gasteiger partial charge >= 0.3 is 0 Å². The summed E-state index contributed by atoms with van der Waals surface area (Å²) >= 11 is 0. The minimum absolute atomic E-state index is 0.133. The smallest absolute Gasteiger partial charge is 0.139 e. The number of nitrogens with zero attached hydrogens (tertiary/aromatic N) is 2. The molecule has 0 saturated heterocycles. The summed E-state index contributed by atoms with van der Waals surface area (Å²) in [5.41, 5.74) is 1.09. The van der Waals surface area contributed by atoms with Crippen molar-refractivity contribution < 1.29 is 0 Å². The van der Waals surface area contributed by atoms with E-state index in [4.69, 9.17) is 10.5 Å². The Hall–Kier alpha value is -1.28. The normalized spacial score (nSPS) is 23.2. The molecule has 0 heterocycles. The predicted molar refractivity (Wildman–Crippen MR) is 45.8 cm³/mol. The SMILES string of the molecule is C=C1CCCCC1C(C#N)C#N. The fourth-order valence-corrected chi connectivity index (χ4v) is 1.72. The van der Waals surface area contributed by atoms with Crippen molar-refractivity contribution in [1.82, 2.24) is 0 Å². The third-order valence-corrected chi connectivity index (χ3v) is 2.47. The van der Waals surface area contributed by atoms with E-state index in [1.165, 1.54) is 6.42 Å². The van der Waals surface area contributed by atoms with Crippen molar-refractivity contribution in [3.63, 3.8) is 0 Å². The maximum atomic E-state index is 8.68. The molecular formula is C10H12N2. The van der Waals surface area contributed by atoms with Crippen molar-refractivity contribution in [2.75, 3.05) is 0 Å². The summed E-state index contributed by atoms with van der Waals surface area (Å²) in [7, 11) is 0. The van der Waals surface area contributed by atoms with E-state index >= 15 is 0 Å². The van der Waals surface area contributed by atoms with E-state index in [9.17, 15) is 0 Å². The van der Waals surface area contributed by atoms with E-state index in [-0.39, 0.29) is 5.92 Å². The van der Waals surface area contributed by atoms with Crippen LogP contribution in [0.2, 0.25) is 0 Å². The average molecular weight is 160 g/mol. The molecule has 0 aromatic rings. The second-order valence-electron chi connectivity index (χ2n) is 3.25. The van der Waals surface area contributed by atoms with Gasteiger partial charge in [-0.1, -0.05) is 18.6 Å². The molecule has 0 spiro atoms. The van der Waals surface area contributed by atoms with Crippen LogP contribution in [-0.4, -0.2) is 0 Å². The lowest BCUT2D eigenvalue weighted by Crippen LogP contribution is -2.17. The van der Waals surface area contributed by atoms with Gasteiger partial charge < -0.3 is 0 Å². The molecule has 1 aliphatic carbocycles. The molecule has 2 heteroatoms. The summed E-state index contributed by atoms with van der Waals surface area (Å²) in [5.74, 6) is -0.341. The van der Waals surface area contributed by atoms with Crippen LogP contribution < -0.4 is 0 Å². The maximum Gasteiger partial charge on any atom is 0.139 e. The molecule has 62 valence electrons. The molecule has 1 aliphatic rings. The van der Waals surface area contributed by atoms with E-state index in [0.29, 0.717) is 0 Å². The van der Waals surface area contributed by atoms with Gasteiger partial charge in [0, 0.05) is 5.92 Å². The third kappa shape index (κ3) is 1.66. The highest BCUT2D eigenvalue weighted by Gasteiger charge is 2.25. The quantitative estimate of drug-likeness (QED) is 0.553. The van der Waals surface area contributed by atoms with Crippen molar-refractivity contribution in [3.05, 3.63) is 12.2 Å². The van der Waals surface area contributed by atoms with E-state index in [2.05, 4.69) is 6.58 Å². The molecule has 2 nitrogen and oxygen atoms in total. The Bertz CT molecular complexity index is 240. The van der Waals surface area contributed by atoms with E-state index in [1.54, 1.807) is 0 Å². The van der Waals surface area contributed by atoms with Gasteiger partial charge in [0.05, 0.1) is 12.1 Å². The molecule has 1 atom stereocenters. The average Bonchev–Trinajstić information content (AvgIpc) is 2.10. The minimum atomic E-state index is -0.474. The fourth-order valence-electron chi connectivity index (χ4n) is 1.72. The maximum absolute atomic E-state index is 8.68. The van der Waals surface area contributed by atoms with E-state index in [0.717, 1.165) is 24.8 Å². The molecule has 0 aromatic carbocycles. The molecule has 0 aliphatic heterocycles. The second kappa shape index (κ2) is 3.93. The zero-order chi connectivity index (χ0) is 8.97.